The van der Waals surface area contributed by atoms with Gasteiger partial charge in [0.25, 0.3) is 0 Å². The number of aliphatic imine (C=N–C) groups is 1. The Labute approximate surface area is 150 Å². The number of rotatable bonds is 8. The molecule has 2 fully saturated rings. The van der Waals surface area contributed by atoms with Gasteiger partial charge in [0.1, 0.15) is 0 Å². The number of carbonyl (C=O) groups excluding carboxylic acids is 2. The molecule has 0 bridgehead atoms. The average Bonchev–Trinajstić information content (AvgIpc) is 2.81. The lowest BCUT2D eigenvalue weighted by molar-refractivity contribution is -0.124. The molecule has 2 saturated heterocycles. The van der Waals surface area contributed by atoms with Crippen LogP contribution in [-0.2, 0) is 4.79 Å². The number of nitrogens with one attached hydrogen (secondary N) is 3. The summed E-state index contributed by atoms with van der Waals surface area (Å²) in [5.74, 6) is 0.566. The van der Waals surface area contributed by atoms with Crippen LogP contribution in [0.4, 0.5) is 4.79 Å². The zero-order chi connectivity index (χ0) is 17.9. The lowest BCUT2D eigenvalue weighted by Crippen LogP contribution is -2.43. The van der Waals surface area contributed by atoms with Crippen LogP contribution in [0, 0.1) is 0 Å². The van der Waals surface area contributed by atoms with Gasteiger partial charge in [-0.05, 0) is 45.8 Å². The highest BCUT2D eigenvalue weighted by Crippen LogP contribution is 2.09. The Balaban J connectivity index is 1.66. The second kappa shape index (κ2) is 10.9. The van der Waals surface area contributed by atoms with Gasteiger partial charge in [-0.3, -0.25) is 14.7 Å². The number of amides is 3. The van der Waals surface area contributed by atoms with Gasteiger partial charge in [-0.15, -0.1) is 0 Å². The Morgan fingerprint density at radius 3 is 2.52 bits per heavy atom. The monoisotopic (exact) mass is 352 g/mol. The van der Waals surface area contributed by atoms with Crippen LogP contribution in [0.5, 0.6) is 0 Å². The van der Waals surface area contributed by atoms with E-state index in [0.717, 1.165) is 32.0 Å². The summed E-state index contributed by atoms with van der Waals surface area (Å²) in [6, 6.07) is -0.314. The minimum Gasteiger partial charge on any atom is -0.357 e. The lowest BCUT2D eigenvalue weighted by Gasteiger charge is -2.19. The van der Waals surface area contributed by atoms with Crippen LogP contribution in [0.1, 0.15) is 39.0 Å². The van der Waals surface area contributed by atoms with Crippen molar-refractivity contribution in [2.24, 2.45) is 4.99 Å². The molecular weight excluding hydrogens is 320 g/mol. The van der Waals surface area contributed by atoms with Crippen LogP contribution in [0.15, 0.2) is 4.99 Å². The van der Waals surface area contributed by atoms with Gasteiger partial charge in [-0.25, -0.2) is 4.79 Å². The Bertz CT molecular complexity index is 444. The van der Waals surface area contributed by atoms with Crippen LogP contribution >= 0.6 is 0 Å². The van der Waals surface area contributed by atoms with Crippen LogP contribution < -0.4 is 16.0 Å². The van der Waals surface area contributed by atoms with E-state index in [4.69, 9.17) is 0 Å². The van der Waals surface area contributed by atoms with E-state index < -0.39 is 0 Å². The van der Waals surface area contributed by atoms with E-state index >= 15 is 0 Å². The Kier molecular flexibility index (Phi) is 8.51. The third-order valence-electron chi connectivity index (χ3n) is 4.51. The molecule has 0 aromatic rings. The minimum absolute atomic E-state index is 0.101. The van der Waals surface area contributed by atoms with Gasteiger partial charge in [0.05, 0.1) is 6.54 Å². The maximum Gasteiger partial charge on any atom is 0.324 e. The van der Waals surface area contributed by atoms with Crippen molar-refractivity contribution in [1.29, 1.82) is 0 Å². The molecule has 2 heterocycles. The van der Waals surface area contributed by atoms with Crippen molar-refractivity contribution in [3.05, 3.63) is 0 Å². The summed E-state index contributed by atoms with van der Waals surface area (Å²) in [6.07, 6.45) is 6.40. The van der Waals surface area contributed by atoms with Crippen molar-refractivity contribution >= 4 is 17.9 Å². The van der Waals surface area contributed by atoms with E-state index in [-0.39, 0.29) is 18.5 Å². The fourth-order valence-electron chi connectivity index (χ4n) is 3.15. The summed E-state index contributed by atoms with van der Waals surface area (Å²) in [4.78, 5) is 31.4. The Hall–Kier alpha value is -1.83. The van der Waals surface area contributed by atoms with E-state index in [1.54, 1.807) is 0 Å². The summed E-state index contributed by atoms with van der Waals surface area (Å²) in [7, 11) is 0. The Morgan fingerprint density at radius 1 is 1.12 bits per heavy atom. The molecule has 0 radical (unpaired) electrons. The van der Waals surface area contributed by atoms with E-state index in [2.05, 4.69) is 25.8 Å². The van der Waals surface area contributed by atoms with Gasteiger partial charge in [0.15, 0.2) is 5.96 Å². The molecule has 0 atom stereocenters. The third-order valence-corrected chi connectivity index (χ3v) is 4.51. The van der Waals surface area contributed by atoms with E-state index in [0.29, 0.717) is 13.1 Å². The topological polar surface area (TPSA) is 89.1 Å². The first-order valence-corrected chi connectivity index (χ1v) is 9.53. The molecule has 0 spiro atoms. The van der Waals surface area contributed by atoms with E-state index in [1.807, 2.05) is 6.92 Å². The predicted octanol–water partition coefficient (Wildman–Crippen LogP) is 0.359. The molecule has 2 aliphatic rings. The number of guanidine groups is 1. The number of imide groups is 1. The van der Waals surface area contributed by atoms with Gasteiger partial charge < -0.3 is 20.9 Å². The fourth-order valence-corrected chi connectivity index (χ4v) is 3.15. The quantitative estimate of drug-likeness (QED) is 0.254. The van der Waals surface area contributed by atoms with Crippen LogP contribution in [-0.4, -0.2) is 80.1 Å². The molecule has 0 unspecified atom stereocenters. The molecule has 0 saturated carbocycles. The second-order valence-corrected chi connectivity index (χ2v) is 6.50. The van der Waals surface area contributed by atoms with Gasteiger partial charge >= 0.3 is 6.03 Å². The minimum atomic E-state index is -0.314. The summed E-state index contributed by atoms with van der Waals surface area (Å²) < 4.78 is 0. The molecule has 2 rings (SSSR count). The number of likely N-dealkylation sites (tertiary alicyclic amines) is 1. The molecule has 0 aromatic heterocycles. The highest BCUT2D eigenvalue weighted by atomic mass is 16.2. The van der Waals surface area contributed by atoms with Crippen LogP contribution in [0.2, 0.25) is 0 Å². The number of carbonyl (C=O) groups is 2. The zero-order valence-electron chi connectivity index (χ0n) is 15.4. The van der Waals surface area contributed by atoms with Crippen LogP contribution in [0.25, 0.3) is 0 Å². The second-order valence-electron chi connectivity index (χ2n) is 6.50. The molecular formula is C17H32N6O2. The highest BCUT2D eigenvalue weighted by molar-refractivity contribution is 6.01. The van der Waals surface area contributed by atoms with Crippen molar-refractivity contribution in [2.75, 3.05) is 52.4 Å². The number of urea groups is 1. The van der Waals surface area contributed by atoms with Crippen molar-refractivity contribution in [1.82, 2.24) is 25.8 Å². The standard InChI is InChI=1S/C17H32N6O2/c1-2-18-16(20-9-13-23-15(24)14-21-17(23)25)19-8-7-12-22-10-5-3-4-6-11-22/h2-14H2,1H3,(H,21,25)(H2,18,19,20). The average molecular weight is 352 g/mol. The Morgan fingerprint density at radius 2 is 1.88 bits per heavy atom. The molecule has 0 aliphatic carbocycles. The third kappa shape index (κ3) is 6.89. The van der Waals surface area contributed by atoms with Crippen LogP contribution in [0.3, 0.4) is 0 Å². The fraction of sp³-hybridized carbons (Fsp3) is 0.824. The van der Waals surface area contributed by atoms with Gasteiger partial charge in [0, 0.05) is 26.2 Å². The molecule has 3 N–H and O–H groups in total. The van der Waals surface area contributed by atoms with Gasteiger partial charge in [0.2, 0.25) is 5.91 Å². The van der Waals surface area contributed by atoms with Gasteiger partial charge in [-0.2, -0.15) is 0 Å². The number of nitrogens with zero attached hydrogens (tertiary/aromatic N) is 3. The zero-order valence-corrected chi connectivity index (χ0v) is 15.4. The van der Waals surface area contributed by atoms with Crippen molar-refractivity contribution in [3.63, 3.8) is 0 Å². The summed E-state index contributed by atoms with van der Waals surface area (Å²) >= 11 is 0. The first-order chi connectivity index (χ1) is 12.2. The smallest absolute Gasteiger partial charge is 0.324 e. The lowest BCUT2D eigenvalue weighted by atomic mass is 10.2. The van der Waals surface area contributed by atoms with E-state index in [1.165, 1.54) is 43.7 Å². The van der Waals surface area contributed by atoms with Crippen molar-refractivity contribution < 1.29 is 9.59 Å². The molecule has 25 heavy (non-hydrogen) atoms. The summed E-state index contributed by atoms with van der Waals surface area (Å²) in [5.41, 5.74) is 0. The number of hydrogen-bond donors (Lipinski definition) is 3. The van der Waals surface area contributed by atoms with E-state index in [9.17, 15) is 9.59 Å². The summed E-state index contributed by atoms with van der Waals surface area (Å²) in [6.45, 7) is 8.05. The van der Waals surface area contributed by atoms with Crippen molar-refractivity contribution in [2.45, 2.75) is 39.0 Å². The van der Waals surface area contributed by atoms with Crippen molar-refractivity contribution in [3.8, 4) is 0 Å². The largest absolute Gasteiger partial charge is 0.357 e. The maximum atomic E-state index is 11.5. The molecule has 3 amide bonds. The van der Waals surface area contributed by atoms with Gasteiger partial charge in [-0.1, -0.05) is 12.8 Å². The maximum absolute atomic E-state index is 11.5. The molecule has 2 aliphatic heterocycles. The number of hydrogen-bond acceptors (Lipinski definition) is 4. The molecule has 142 valence electrons. The highest BCUT2D eigenvalue weighted by Gasteiger charge is 2.27. The molecule has 8 nitrogen and oxygen atoms in total. The summed E-state index contributed by atoms with van der Waals surface area (Å²) in [5, 5.41) is 8.91. The molecule has 0 aromatic carbocycles. The SMILES string of the molecule is CCNC(=NCCCN1CCCCCC1)NCCN1C(=O)CNC1=O. The first-order valence-electron chi connectivity index (χ1n) is 9.53. The molecule has 8 heteroatoms. The predicted molar refractivity (Wildman–Crippen MR) is 98.6 cm³/mol. The first kappa shape index (κ1) is 19.5. The normalized spacial score (nSPS) is 19.7.